The molecule has 2 bridgehead atoms. The summed E-state index contributed by atoms with van der Waals surface area (Å²) in [6, 6.07) is 11.0. The number of benzene rings is 1. The van der Waals surface area contributed by atoms with Crippen LogP contribution in [0, 0.1) is 0 Å². The number of amidine groups is 1. The van der Waals surface area contributed by atoms with Crippen LogP contribution < -0.4 is 16.5 Å². The molecule has 5 nitrogen and oxygen atoms in total. The zero-order chi connectivity index (χ0) is 12.5. The van der Waals surface area contributed by atoms with Crippen molar-refractivity contribution in [3.05, 3.63) is 35.9 Å². The van der Waals surface area contributed by atoms with Gasteiger partial charge in [0.05, 0.1) is 12.2 Å². The van der Waals surface area contributed by atoms with Crippen LogP contribution in [0.25, 0.3) is 0 Å². The van der Waals surface area contributed by atoms with Crippen LogP contribution in [0.3, 0.4) is 0 Å². The lowest BCUT2D eigenvalue weighted by molar-refractivity contribution is 0.0524. The Kier molecular flexibility index (Phi) is 2.93. The highest BCUT2D eigenvalue weighted by atomic mass is 15.4. The van der Waals surface area contributed by atoms with E-state index < -0.39 is 0 Å². The summed E-state index contributed by atoms with van der Waals surface area (Å²) in [6.07, 6.45) is 1.67. The van der Waals surface area contributed by atoms with Crippen LogP contribution in [0.5, 0.6) is 0 Å². The van der Waals surface area contributed by atoms with Crippen molar-refractivity contribution in [2.45, 2.75) is 24.7 Å². The summed E-state index contributed by atoms with van der Waals surface area (Å²) in [7, 11) is 1.78. The zero-order valence-electron chi connectivity index (χ0n) is 10.5. The predicted molar refractivity (Wildman–Crippen MR) is 71.9 cm³/mol. The first-order valence-electron chi connectivity index (χ1n) is 6.37. The lowest BCUT2D eigenvalue weighted by atomic mass is 9.95. The molecule has 3 saturated heterocycles. The second-order valence-corrected chi connectivity index (χ2v) is 4.83. The molecule has 3 fully saturated rings. The van der Waals surface area contributed by atoms with Crippen LogP contribution in [-0.4, -0.2) is 36.5 Å². The van der Waals surface area contributed by atoms with E-state index in [0.29, 0.717) is 18.0 Å². The summed E-state index contributed by atoms with van der Waals surface area (Å²) in [4.78, 5) is 2.42. The molecule has 3 aliphatic heterocycles. The van der Waals surface area contributed by atoms with Gasteiger partial charge < -0.3 is 16.5 Å². The number of hydrogen-bond donors (Lipinski definition) is 3. The second kappa shape index (κ2) is 4.59. The van der Waals surface area contributed by atoms with E-state index in [1.165, 1.54) is 12.0 Å². The van der Waals surface area contributed by atoms with Crippen molar-refractivity contribution >= 4 is 5.84 Å². The Hall–Kier alpha value is -1.59. The molecule has 0 spiro atoms. The van der Waals surface area contributed by atoms with Crippen LogP contribution in [0.4, 0.5) is 0 Å². The third-order valence-corrected chi connectivity index (χ3v) is 3.80. The molecule has 3 aliphatic rings. The highest BCUT2D eigenvalue weighted by Crippen LogP contribution is 2.38. The molecule has 1 aromatic carbocycles. The summed E-state index contributed by atoms with van der Waals surface area (Å²) in [5.74, 6) is 0.627. The number of hydrazone groups is 1. The van der Waals surface area contributed by atoms with Crippen molar-refractivity contribution in [3.8, 4) is 0 Å². The number of nitrogens with two attached hydrogens (primary N) is 1. The molecule has 1 aromatic rings. The zero-order valence-corrected chi connectivity index (χ0v) is 10.5. The van der Waals surface area contributed by atoms with E-state index in [2.05, 4.69) is 32.9 Å². The summed E-state index contributed by atoms with van der Waals surface area (Å²) in [5, 5.41) is 7.66. The summed E-state index contributed by atoms with van der Waals surface area (Å²) in [5.41, 5.74) is 10.1. The van der Waals surface area contributed by atoms with Crippen LogP contribution in [0.1, 0.15) is 18.0 Å². The van der Waals surface area contributed by atoms with Gasteiger partial charge in [-0.1, -0.05) is 30.3 Å². The van der Waals surface area contributed by atoms with E-state index in [1.54, 1.807) is 7.05 Å². The molecule has 0 aliphatic carbocycles. The lowest BCUT2D eigenvalue weighted by Crippen LogP contribution is -2.56. The molecule has 4 N–H and O–H groups in total. The molecule has 0 aromatic heterocycles. The SMILES string of the molecule is CN/N=C(\N)C(c1ccccc1)N1C2CNC1C2. The third-order valence-electron chi connectivity index (χ3n) is 3.80. The van der Waals surface area contributed by atoms with Crippen molar-refractivity contribution in [2.24, 2.45) is 10.8 Å². The Balaban J connectivity index is 1.92. The van der Waals surface area contributed by atoms with Crippen molar-refractivity contribution in [1.82, 2.24) is 15.6 Å². The molecule has 3 heterocycles. The molecular formula is C13H19N5. The van der Waals surface area contributed by atoms with Gasteiger partial charge in [0.25, 0.3) is 0 Å². The Morgan fingerprint density at radius 3 is 2.83 bits per heavy atom. The quantitative estimate of drug-likeness (QED) is 0.403. The third kappa shape index (κ3) is 1.76. The Morgan fingerprint density at radius 1 is 1.50 bits per heavy atom. The molecule has 18 heavy (non-hydrogen) atoms. The number of nitrogens with zero attached hydrogens (tertiary/aromatic N) is 2. The average Bonchev–Trinajstić information content (AvgIpc) is 3.00. The number of nitrogens with one attached hydrogen (secondary N) is 2. The van der Waals surface area contributed by atoms with E-state index in [1.807, 2.05) is 18.2 Å². The molecule has 4 rings (SSSR count). The highest BCUT2D eigenvalue weighted by Gasteiger charge is 2.49. The molecule has 0 radical (unpaired) electrons. The van der Waals surface area contributed by atoms with Gasteiger partial charge in [-0.05, 0) is 12.0 Å². The number of fused-ring (bicyclic) bond motifs is 1. The molecule has 3 unspecified atom stereocenters. The Bertz CT molecular complexity index is 430. The van der Waals surface area contributed by atoms with Gasteiger partial charge in [-0.2, -0.15) is 5.10 Å². The summed E-state index contributed by atoms with van der Waals surface area (Å²) < 4.78 is 0. The van der Waals surface area contributed by atoms with Crippen LogP contribution in [0.15, 0.2) is 35.4 Å². The van der Waals surface area contributed by atoms with Gasteiger partial charge >= 0.3 is 0 Å². The Labute approximate surface area is 107 Å². The molecule has 5 heteroatoms. The maximum absolute atomic E-state index is 6.14. The fourth-order valence-electron chi connectivity index (χ4n) is 2.98. The predicted octanol–water partition coefficient (Wildman–Crippen LogP) is 0.223. The molecule has 96 valence electrons. The largest absolute Gasteiger partial charge is 0.384 e. The van der Waals surface area contributed by atoms with Gasteiger partial charge in [0, 0.05) is 19.6 Å². The van der Waals surface area contributed by atoms with E-state index in [0.717, 1.165) is 6.54 Å². The van der Waals surface area contributed by atoms with Crippen molar-refractivity contribution in [3.63, 3.8) is 0 Å². The minimum Gasteiger partial charge on any atom is -0.384 e. The summed E-state index contributed by atoms with van der Waals surface area (Å²) >= 11 is 0. The van der Waals surface area contributed by atoms with Crippen LogP contribution >= 0.6 is 0 Å². The maximum atomic E-state index is 6.14. The lowest BCUT2D eigenvalue weighted by Gasteiger charge is -2.44. The minimum atomic E-state index is 0.0670. The Morgan fingerprint density at radius 2 is 2.28 bits per heavy atom. The first-order chi connectivity index (χ1) is 8.81. The minimum absolute atomic E-state index is 0.0670. The highest BCUT2D eigenvalue weighted by molar-refractivity contribution is 5.87. The van der Waals surface area contributed by atoms with Crippen molar-refractivity contribution in [2.75, 3.05) is 13.6 Å². The first kappa shape index (κ1) is 11.5. The van der Waals surface area contributed by atoms with E-state index in [-0.39, 0.29) is 6.04 Å². The normalized spacial score (nSPS) is 28.8. The van der Waals surface area contributed by atoms with Crippen LogP contribution in [0.2, 0.25) is 0 Å². The van der Waals surface area contributed by atoms with Gasteiger partial charge in [0.15, 0.2) is 0 Å². The fraction of sp³-hybridized carbons (Fsp3) is 0.462. The van der Waals surface area contributed by atoms with Gasteiger partial charge in [0.2, 0.25) is 0 Å². The fourth-order valence-corrected chi connectivity index (χ4v) is 2.98. The first-order valence-corrected chi connectivity index (χ1v) is 6.37. The molecule has 0 amide bonds. The topological polar surface area (TPSA) is 65.7 Å². The van der Waals surface area contributed by atoms with Gasteiger partial charge in [0.1, 0.15) is 5.84 Å². The second-order valence-electron chi connectivity index (χ2n) is 4.83. The van der Waals surface area contributed by atoms with Crippen molar-refractivity contribution < 1.29 is 0 Å². The smallest absolute Gasteiger partial charge is 0.141 e. The molecule has 0 saturated carbocycles. The van der Waals surface area contributed by atoms with E-state index >= 15 is 0 Å². The van der Waals surface area contributed by atoms with Gasteiger partial charge in [-0.15, -0.1) is 0 Å². The van der Waals surface area contributed by atoms with Crippen molar-refractivity contribution in [1.29, 1.82) is 0 Å². The summed E-state index contributed by atoms with van der Waals surface area (Å²) in [6.45, 7) is 1.06. The van der Waals surface area contributed by atoms with Gasteiger partial charge in [-0.25, -0.2) is 0 Å². The van der Waals surface area contributed by atoms with Gasteiger partial charge in [-0.3, -0.25) is 4.90 Å². The number of hydrogen-bond acceptors (Lipinski definition) is 4. The maximum Gasteiger partial charge on any atom is 0.141 e. The monoisotopic (exact) mass is 245 g/mol. The molecular weight excluding hydrogens is 226 g/mol. The average molecular weight is 245 g/mol. The standard InChI is InChI=1S/C13H19N5/c1-15-17-13(14)12(9-5-3-2-4-6-9)18-10-7-11(18)16-8-10/h2-6,10-12,15-16H,7-8H2,1H3,(H2,14,17). The molecule has 3 atom stereocenters. The van der Waals surface area contributed by atoms with E-state index in [4.69, 9.17) is 5.73 Å². The number of rotatable bonds is 4. The van der Waals surface area contributed by atoms with E-state index in [9.17, 15) is 0 Å². The van der Waals surface area contributed by atoms with Crippen LogP contribution in [-0.2, 0) is 0 Å².